The fraction of sp³-hybridized carbons (Fsp3) is 0.174. The van der Waals surface area contributed by atoms with Crippen LogP contribution in [0.3, 0.4) is 0 Å². The lowest BCUT2D eigenvalue weighted by Gasteiger charge is -2.19. The van der Waals surface area contributed by atoms with Gasteiger partial charge in [-0.3, -0.25) is 24.4 Å². The fourth-order valence-electron chi connectivity index (χ4n) is 3.74. The number of nitrogens with zero attached hydrogens (tertiary/aromatic N) is 2. The lowest BCUT2D eigenvalue weighted by molar-refractivity contribution is -0.138. The molecule has 0 saturated carbocycles. The first-order valence-corrected chi connectivity index (χ1v) is 9.69. The smallest absolute Gasteiger partial charge is 0.287 e. The van der Waals surface area contributed by atoms with Gasteiger partial charge in [0.15, 0.2) is 0 Å². The topological polar surface area (TPSA) is 128 Å². The molecule has 31 heavy (non-hydrogen) atoms. The molecule has 4 rings (SSSR count). The van der Waals surface area contributed by atoms with E-state index in [0.29, 0.717) is 16.7 Å². The zero-order valence-corrected chi connectivity index (χ0v) is 16.7. The fourth-order valence-corrected chi connectivity index (χ4v) is 3.74. The van der Waals surface area contributed by atoms with Crippen LogP contribution < -0.4 is 11.1 Å². The SMILES string of the molecule is CC1=NC=C(C(=O)NC(Cc2coc3ccccc23)C(=O)C(N)=O)C1c1cccnc1. The van der Waals surface area contributed by atoms with Crippen molar-refractivity contribution in [2.45, 2.75) is 25.3 Å². The summed E-state index contributed by atoms with van der Waals surface area (Å²) in [5.74, 6) is -2.88. The molecule has 8 heteroatoms. The van der Waals surface area contributed by atoms with Crippen LogP contribution in [0.15, 0.2) is 76.2 Å². The highest BCUT2D eigenvalue weighted by Crippen LogP contribution is 2.30. The number of ketones is 1. The molecular weight excluding hydrogens is 396 g/mol. The first kappa shape index (κ1) is 20.2. The molecule has 0 aliphatic carbocycles. The molecule has 2 atom stereocenters. The number of carbonyl (C=O) groups is 3. The van der Waals surface area contributed by atoms with Crippen molar-refractivity contribution in [3.05, 3.63) is 78.0 Å². The maximum Gasteiger partial charge on any atom is 0.287 e. The first-order valence-electron chi connectivity index (χ1n) is 9.69. The third-order valence-corrected chi connectivity index (χ3v) is 5.27. The van der Waals surface area contributed by atoms with Gasteiger partial charge in [0.1, 0.15) is 11.6 Å². The molecule has 0 bridgehead atoms. The molecule has 8 nitrogen and oxygen atoms in total. The van der Waals surface area contributed by atoms with Crippen molar-refractivity contribution >= 4 is 34.3 Å². The van der Waals surface area contributed by atoms with Gasteiger partial charge in [-0.25, -0.2) is 0 Å². The van der Waals surface area contributed by atoms with Gasteiger partial charge in [0, 0.05) is 47.2 Å². The van der Waals surface area contributed by atoms with Crippen LogP contribution in [0.2, 0.25) is 0 Å². The van der Waals surface area contributed by atoms with Crippen LogP contribution in [0.5, 0.6) is 0 Å². The molecule has 1 aliphatic heterocycles. The van der Waals surface area contributed by atoms with E-state index in [9.17, 15) is 14.4 Å². The Morgan fingerprint density at radius 3 is 2.74 bits per heavy atom. The summed E-state index contributed by atoms with van der Waals surface area (Å²) in [5.41, 5.74) is 8.48. The summed E-state index contributed by atoms with van der Waals surface area (Å²) in [6, 6.07) is 9.81. The van der Waals surface area contributed by atoms with Crippen molar-refractivity contribution in [3.8, 4) is 0 Å². The van der Waals surface area contributed by atoms with Crippen molar-refractivity contribution in [2.75, 3.05) is 0 Å². The Morgan fingerprint density at radius 2 is 2.00 bits per heavy atom. The Balaban J connectivity index is 1.59. The molecule has 1 aromatic carbocycles. The van der Waals surface area contributed by atoms with Crippen molar-refractivity contribution < 1.29 is 18.8 Å². The molecular formula is C23H20N4O4. The summed E-state index contributed by atoms with van der Waals surface area (Å²) in [7, 11) is 0. The number of nitrogens with two attached hydrogens (primary N) is 1. The molecule has 3 heterocycles. The maximum atomic E-state index is 13.1. The number of furan rings is 1. The summed E-state index contributed by atoms with van der Waals surface area (Å²) < 4.78 is 5.51. The molecule has 0 saturated heterocycles. The van der Waals surface area contributed by atoms with E-state index < -0.39 is 23.6 Å². The van der Waals surface area contributed by atoms with Crippen molar-refractivity contribution in [2.24, 2.45) is 10.7 Å². The number of Topliss-reactive ketones (excluding diaryl/α,β-unsaturated/α-hetero) is 1. The predicted molar refractivity (Wildman–Crippen MR) is 114 cm³/mol. The van der Waals surface area contributed by atoms with Gasteiger partial charge in [-0.15, -0.1) is 0 Å². The Kier molecular flexibility index (Phi) is 5.44. The van der Waals surface area contributed by atoms with Crippen LogP contribution in [0.1, 0.15) is 24.0 Å². The first-order chi connectivity index (χ1) is 15.0. The van der Waals surface area contributed by atoms with Crippen molar-refractivity contribution in [3.63, 3.8) is 0 Å². The molecule has 1 aliphatic rings. The maximum absolute atomic E-state index is 13.1. The van der Waals surface area contributed by atoms with Gasteiger partial charge >= 0.3 is 0 Å². The van der Waals surface area contributed by atoms with Gasteiger partial charge < -0.3 is 15.5 Å². The molecule has 0 fully saturated rings. The second-order valence-corrected chi connectivity index (χ2v) is 7.29. The highest BCUT2D eigenvalue weighted by Gasteiger charge is 2.33. The molecule has 2 aromatic heterocycles. The summed E-state index contributed by atoms with van der Waals surface area (Å²) in [6.07, 6.45) is 6.36. The quantitative estimate of drug-likeness (QED) is 0.570. The normalized spacial score (nSPS) is 16.5. The molecule has 3 aromatic rings. The van der Waals surface area contributed by atoms with Gasteiger partial charge in [0.05, 0.1) is 12.2 Å². The number of hydrogen-bond donors (Lipinski definition) is 2. The number of fused-ring (bicyclic) bond motifs is 1. The number of hydrogen-bond acceptors (Lipinski definition) is 6. The second-order valence-electron chi connectivity index (χ2n) is 7.29. The van der Waals surface area contributed by atoms with E-state index in [1.165, 1.54) is 12.5 Å². The van der Waals surface area contributed by atoms with E-state index >= 15 is 0 Å². The van der Waals surface area contributed by atoms with Gasteiger partial charge in [-0.2, -0.15) is 0 Å². The number of amides is 2. The average molecular weight is 416 g/mol. The standard InChI is InChI=1S/C23H20N4O4/c1-13-20(14-5-4-8-25-10-14)17(11-26-13)23(30)27-18(21(28)22(24)29)9-15-12-31-19-7-3-2-6-16(15)19/h2-8,10-12,18,20H,9H2,1H3,(H2,24,29)(H,27,30). The summed E-state index contributed by atoms with van der Waals surface area (Å²) in [5, 5.41) is 3.47. The summed E-state index contributed by atoms with van der Waals surface area (Å²) >= 11 is 0. The van der Waals surface area contributed by atoms with Gasteiger partial charge in [-0.1, -0.05) is 24.3 Å². The number of aromatic nitrogens is 1. The zero-order valence-electron chi connectivity index (χ0n) is 16.7. The van der Waals surface area contributed by atoms with E-state index in [0.717, 1.165) is 16.7 Å². The highest BCUT2D eigenvalue weighted by atomic mass is 16.3. The largest absolute Gasteiger partial charge is 0.464 e. The number of nitrogens with one attached hydrogen (secondary N) is 1. The van der Waals surface area contributed by atoms with Crippen molar-refractivity contribution in [1.29, 1.82) is 0 Å². The Hall–Kier alpha value is -4.07. The van der Waals surface area contributed by atoms with Crippen LogP contribution in [0.25, 0.3) is 11.0 Å². The molecule has 0 radical (unpaired) electrons. The van der Waals surface area contributed by atoms with Crippen LogP contribution in [-0.2, 0) is 20.8 Å². The third kappa shape index (κ3) is 4.00. The highest BCUT2D eigenvalue weighted by molar-refractivity contribution is 6.38. The minimum atomic E-state index is -1.14. The monoisotopic (exact) mass is 416 g/mol. The van der Waals surface area contributed by atoms with Gasteiger partial charge in [-0.05, 0) is 24.6 Å². The molecule has 2 unspecified atom stereocenters. The lowest BCUT2D eigenvalue weighted by Crippen LogP contribution is -2.48. The number of pyridine rings is 1. The minimum absolute atomic E-state index is 0.0647. The number of carbonyl (C=O) groups excluding carboxylic acids is 3. The summed E-state index contributed by atoms with van der Waals surface area (Å²) in [6.45, 7) is 1.82. The molecule has 0 spiro atoms. The Morgan fingerprint density at radius 1 is 1.19 bits per heavy atom. The van der Waals surface area contributed by atoms with Gasteiger partial charge in [0.2, 0.25) is 11.7 Å². The van der Waals surface area contributed by atoms with E-state index in [4.69, 9.17) is 10.2 Å². The molecule has 2 amide bonds. The summed E-state index contributed by atoms with van der Waals surface area (Å²) in [4.78, 5) is 45.6. The lowest BCUT2D eigenvalue weighted by atomic mass is 9.89. The number of rotatable bonds is 7. The molecule has 3 N–H and O–H groups in total. The minimum Gasteiger partial charge on any atom is -0.464 e. The van der Waals surface area contributed by atoms with E-state index in [1.807, 2.05) is 31.2 Å². The Labute approximate surface area is 177 Å². The van der Waals surface area contributed by atoms with E-state index in [-0.39, 0.29) is 12.3 Å². The second kappa shape index (κ2) is 8.35. The molecule has 156 valence electrons. The van der Waals surface area contributed by atoms with Crippen LogP contribution >= 0.6 is 0 Å². The number of primary amides is 1. The van der Waals surface area contributed by atoms with E-state index in [2.05, 4.69) is 15.3 Å². The number of aliphatic imine (C=N–C) groups is 1. The zero-order chi connectivity index (χ0) is 22.0. The number of para-hydroxylation sites is 1. The van der Waals surface area contributed by atoms with Crippen LogP contribution in [-0.4, -0.2) is 34.3 Å². The van der Waals surface area contributed by atoms with Gasteiger partial charge in [0.25, 0.3) is 5.91 Å². The van der Waals surface area contributed by atoms with Crippen molar-refractivity contribution in [1.82, 2.24) is 10.3 Å². The van der Waals surface area contributed by atoms with E-state index in [1.54, 1.807) is 24.5 Å². The average Bonchev–Trinajstić information content (AvgIpc) is 3.37. The predicted octanol–water partition coefficient (Wildman–Crippen LogP) is 2.05. The third-order valence-electron chi connectivity index (χ3n) is 5.27. The Bertz CT molecular complexity index is 1230. The van der Waals surface area contributed by atoms with Crippen LogP contribution in [0.4, 0.5) is 0 Å². The van der Waals surface area contributed by atoms with Crippen LogP contribution in [0, 0.1) is 0 Å². The number of benzene rings is 1.